The fourth-order valence-electron chi connectivity index (χ4n) is 0.661. The summed E-state index contributed by atoms with van der Waals surface area (Å²) in [7, 11) is 0. The number of aliphatic hydroxyl groups excluding tert-OH is 1. The van der Waals surface area contributed by atoms with E-state index < -0.39 is 0 Å². The lowest BCUT2D eigenvalue weighted by molar-refractivity contribution is 0.277. The fourth-order valence-corrected chi connectivity index (χ4v) is 0.817. The molecule has 1 aromatic rings. The van der Waals surface area contributed by atoms with Gasteiger partial charge in [0, 0.05) is 11.4 Å². The highest BCUT2D eigenvalue weighted by atomic mass is 35.5. The average molecular weight is 146 g/mol. The topological polar surface area (TPSA) is 36.0 Å². The molecule has 0 fully saturated rings. The molecule has 0 atom stereocenters. The number of alkyl halides is 1. The van der Waals surface area contributed by atoms with Gasteiger partial charge in [-0.2, -0.15) is 0 Å². The highest BCUT2D eigenvalue weighted by molar-refractivity contribution is 6.16. The Bertz CT molecular complexity index is 166. The zero-order chi connectivity index (χ0) is 6.69. The van der Waals surface area contributed by atoms with Gasteiger partial charge >= 0.3 is 0 Å². The maximum Gasteiger partial charge on any atom is 0.0830 e. The van der Waals surface area contributed by atoms with Crippen molar-refractivity contribution in [2.45, 2.75) is 12.5 Å². The summed E-state index contributed by atoms with van der Waals surface area (Å²) in [5.74, 6) is 0.472. The molecule has 2 N–H and O–H groups in total. The Kier molecular flexibility index (Phi) is 2.14. The molecule has 0 radical (unpaired) electrons. The van der Waals surface area contributed by atoms with Crippen LogP contribution in [0.5, 0.6) is 0 Å². The van der Waals surface area contributed by atoms with Crippen molar-refractivity contribution in [3.8, 4) is 0 Å². The summed E-state index contributed by atoms with van der Waals surface area (Å²) in [6, 6.07) is 3.68. The Labute approximate surface area is 58.5 Å². The highest BCUT2D eigenvalue weighted by Crippen LogP contribution is 2.03. The van der Waals surface area contributed by atoms with Gasteiger partial charge in [-0.1, -0.05) is 0 Å². The maximum absolute atomic E-state index is 8.57. The third-order valence-electron chi connectivity index (χ3n) is 1.12. The molecular weight excluding hydrogens is 138 g/mol. The van der Waals surface area contributed by atoms with Crippen molar-refractivity contribution in [3.63, 3.8) is 0 Å². The number of aliphatic hydroxyl groups is 1. The Hall–Kier alpha value is -0.470. The first-order valence-corrected chi connectivity index (χ1v) is 3.24. The van der Waals surface area contributed by atoms with Crippen molar-refractivity contribution >= 4 is 11.6 Å². The third kappa shape index (κ3) is 1.47. The molecule has 1 heterocycles. The van der Waals surface area contributed by atoms with Gasteiger partial charge in [-0.3, -0.25) is 0 Å². The number of aromatic amines is 1. The summed E-state index contributed by atoms with van der Waals surface area (Å²) in [6.45, 7) is 0.0525. The molecule has 0 aromatic carbocycles. The molecule has 0 saturated carbocycles. The summed E-state index contributed by atoms with van der Waals surface area (Å²) in [5.41, 5.74) is 1.76. The normalized spacial score (nSPS) is 10.0. The second-order valence-corrected chi connectivity index (χ2v) is 2.07. The van der Waals surface area contributed by atoms with Crippen LogP contribution in [0, 0.1) is 0 Å². The maximum atomic E-state index is 8.57. The van der Waals surface area contributed by atoms with Crippen LogP contribution in [0.25, 0.3) is 0 Å². The molecule has 0 spiro atoms. The van der Waals surface area contributed by atoms with Gasteiger partial charge in [0.25, 0.3) is 0 Å². The first-order chi connectivity index (χ1) is 4.36. The molecule has 3 heteroatoms. The number of aromatic nitrogens is 1. The average Bonchev–Trinajstić information content (AvgIpc) is 2.34. The molecular formula is C6H8ClNO. The van der Waals surface area contributed by atoms with E-state index in [-0.39, 0.29) is 6.61 Å². The molecule has 1 rings (SSSR count). The van der Waals surface area contributed by atoms with E-state index in [0.29, 0.717) is 5.88 Å². The predicted molar refractivity (Wildman–Crippen MR) is 36.3 cm³/mol. The predicted octanol–water partition coefficient (Wildman–Crippen LogP) is 1.25. The number of halogens is 1. The fraction of sp³-hybridized carbons (Fsp3) is 0.333. The van der Waals surface area contributed by atoms with Gasteiger partial charge in [-0.05, 0) is 12.1 Å². The van der Waals surface area contributed by atoms with Crippen LogP contribution in [-0.2, 0) is 12.5 Å². The van der Waals surface area contributed by atoms with Gasteiger partial charge in [0.15, 0.2) is 0 Å². The number of hydrogen-bond acceptors (Lipinski definition) is 1. The van der Waals surface area contributed by atoms with Crippen molar-refractivity contribution in [2.75, 3.05) is 0 Å². The summed E-state index contributed by atoms with van der Waals surface area (Å²) in [6.07, 6.45) is 0. The molecule has 0 saturated heterocycles. The first kappa shape index (κ1) is 6.65. The van der Waals surface area contributed by atoms with Gasteiger partial charge in [0.1, 0.15) is 0 Å². The molecule has 9 heavy (non-hydrogen) atoms. The quantitative estimate of drug-likeness (QED) is 0.604. The van der Waals surface area contributed by atoms with Gasteiger partial charge in [0.2, 0.25) is 0 Å². The largest absolute Gasteiger partial charge is 0.390 e. The minimum atomic E-state index is 0.0525. The van der Waals surface area contributed by atoms with Crippen LogP contribution >= 0.6 is 11.6 Å². The summed E-state index contributed by atoms with van der Waals surface area (Å²) in [4.78, 5) is 2.93. The standard InChI is InChI=1S/C6H8ClNO/c7-3-5-1-2-6(4-9)8-5/h1-2,8-9H,3-4H2. The van der Waals surface area contributed by atoms with E-state index in [4.69, 9.17) is 16.7 Å². The molecule has 50 valence electrons. The summed E-state index contributed by atoms with van der Waals surface area (Å²) >= 11 is 5.48. The molecule has 0 unspecified atom stereocenters. The Morgan fingerprint density at radius 2 is 2.11 bits per heavy atom. The smallest absolute Gasteiger partial charge is 0.0830 e. The minimum absolute atomic E-state index is 0.0525. The Morgan fingerprint density at radius 3 is 2.44 bits per heavy atom. The lowest BCUT2D eigenvalue weighted by Gasteiger charge is -1.86. The molecule has 0 aliphatic rings. The lowest BCUT2D eigenvalue weighted by Crippen LogP contribution is -1.82. The molecule has 0 amide bonds. The van der Waals surface area contributed by atoms with Gasteiger partial charge in [-0.25, -0.2) is 0 Å². The van der Waals surface area contributed by atoms with Crippen LogP contribution in [0.15, 0.2) is 12.1 Å². The van der Waals surface area contributed by atoms with Crippen LogP contribution in [0.4, 0.5) is 0 Å². The third-order valence-corrected chi connectivity index (χ3v) is 1.41. The van der Waals surface area contributed by atoms with Gasteiger partial charge in [0.05, 0.1) is 12.5 Å². The van der Waals surface area contributed by atoms with E-state index in [1.807, 2.05) is 12.1 Å². The van der Waals surface area contributed by atoms with E-state index in [1.165, 1.54) is 0 Å². The molecule has 0 aliphatic heterocycles. The Morgan fingerprint density at radius 1 is 1.44 bits per heavy atom. The number of hydrogen-bond donors (Lipinski definition) is 2. The Balaban J connectivity index is 2.74. The van der Waals surface area contributed by atoms with Crippen molar-refractivity contribution in [3.05, 3.63) is 23.5 Å². The van der Waals surface area contributed by atoms with E-state index in [9.17, 15) is 0 Å². The van der Waals surface area contributed by atoms with Crippen molar-refractivity contribution in [1.29, 1.82) is 0 Å². The number of rotatable bonds is 2. The van der Waals surface area contributed by atoms with E-state index in [2.05, 4.69) is 4.98 Å². The van der Waals surface area contributed by atoms with E-state index in [1.54, 1.807) is 0 Å². The van der Waals surface area contributed by atoms with E-state index in [0.717, 1.165) is 11.4 Å². The van der Waals surface area contributed by atoms with Crippen molar-refractivity contribution < 1.29 is 5.11 Å². The highest BCUT2D eigenvalue weighted by Gasteiger charge is 1.93. The van der Waals surface area contributed by atoms with Crippen LogP contribution in [0.1, 0.15) is 11.4 Å². The summed E-state index contributed by atoms with van der Waals surface area (Å²) < 4.78 is 0. The van der Waals surface area contributed by atoms with Crippen LogP contribution in [-0.4, -0.2) is 10.1 Å². The second kappa shape index (κ2) is 2.90. The zero-order valence-electron chi connectivity index (χ0n) is 4.89. The molecule has 0 aliphatic carbocycles. The minimum Gasteiger partial charge on any atom is -0.390 e. The van der Waals surface area contributed by atoms with E-state index >= 15 is 0 Å². The summed E-state index contributed by atoms with van der Waals surface area (Å²) in [5, 5.41) is 8.57. The first-order valence-electron chi connectivity index (χ1n) is 2.70. The van der Waals surface area contributed by atoms with Crippen molar-refractivity contribution in [1.82, 2.24) is 4.98 Å². The zero-order valence-corrected chi connectivity index (χ0v) is 5.65. The molecule has 1 aromatic heterocycles. The number of H-pyrrole nitrogens is 1. The molecule has 2 nitrogen and oxygen atoms in total. The van der Waals surface area contributed by atoms with Crippen LogP contribution in [0.2, 0.25) is 0 Å². The SMILES string of the molecule is OCc1ccc(CCl)[nH]1. The van der Waals surface area contributed by atoms with Crippen molar-refractivity contribution in [2.24, 2.45) is 0 Å². The van der Waals surface area contributed by atoms with Gasteiger partial charge in [-0.15, -0.1) is 11.6 Å². The lowest BCUT2D eigenvalue weighted by atomic mass is 10.4. The monoisotopic (exact) mass is 145 g/mol. The number of nitrogens with one attached hydrogen (secondary N) is 1. The van der Waals surface area contributed by atoms with Crippen LogP contribution in [0.3, 0.4) is 0 Å². The second-order valence-electron chi connectivity index (χ2n) is 1.80. The van der Waals surface area contributed by atoms with Crippen LogP contribution < -0.4 is 0 Å². The molecule has 0 bridgehead atoms. The van der Waals surface area contributed by atoms with Gasteiger partial charge < -0.3 is 10.1 Å².